The van der Waals surface area contributed by atoms with E-state index in [0.29, 0.717) is 23.3 Å². The minimum absolute atomic E-state index is 0.106. The Labute approximate surface area is 156 Å². The van der Waals surface area contributed by atoms with Gasteiger partial charge in [-0.2, -0.15) is 4.98 Å². The van der Waals surface area contributed by atoms with E-state index in [9.17, 15) is 4.79 Å². The summed E-state index contributed by atoms with van der Waals surface area (Å²) < 4.78 is 5.27. The Balaban J connectivity index is 1.55. The topological polar surface area (TPSA) is 71.3 Å². The van der Waals surface area contributed by atoms with Crippen molar-refractivity contribution in [3.8, 4) is 11.4 Å². The number of anilines is 1. The number of aromatic nitrogens is 2. The fourth-order valence-corrected chi connectivity index (χ4v) is 2.62. The number of benzene rings is 2. The molecule has 0 spiro atoms. The molecule has 0 aliphatic heterocycles. The van der Waals surface area contributed by atoms with Gasteiger partial charge >= 0.3 is 0 Å². The number of hydrogen-bond donors (Lipinski definition) is 1. The molecule has 0 fully saturated rings. The van der Waals surface area contributed by atoms with Gasteiger partial charge in [0.05, 0.1) is 13.1 Å². The van der Waals surface area contributed by atoms with E-state index in [4.69, 9.17) is 16.1 Å². The Bertz CT molecular complexity index is 893. The lowest BCUT2D eigenvalue weighted by Gasteiger charge is -2.13. The zero-order chi connectivity index (χ0) is 18.5. The molecule has 3 rings (SSSR count). The van der Waals surface area contributed by atoms with Gasteiger partial charge in [-0.05, 0) is 38.2 Å². The third-order valence-electron chi connectivity index (χ3n) is 3.70. The van der Waals surface area contributed by atoms with E-state index in [1.54, 1.807) is 17.0 Å². The maximum absolute atomic E-state index is 12.1. The number of likely N-dealkylation sites (N-methyl/N-ethyl adjacent to an activating group) is 1. The molecule has 1 N–H and O–H groups in total. The lowest BCUT2D eigenvalue weighted by atomic mass is 10.2. The lowest BCUT2D eigenvalue weighted by molar-refractivity contribution is -0.117. The molecule has 26 heavy (non-hydrogen) atoms. The molecule has 0 atom stereocenters. The summed E-state index contributed by atoms with van der Waals surface area (Å²) in [6, 6.07) is 14.9. The zero-order valence-electron chi connectivity index (χ0n) is 14.6. The van der Waals surface area contributed by atoms with Gasteiger partial charge in [0.2, 0.25) is 17.6 Å². The molecular weight excluding hydrogens is 352 g/mol. The van der Waals surface area contributed by atoms with Crippen LogP contribution in [0.5, 0.6) is 0 Å². The maximum Gasteiger partial charge on any atom is 0.241 e. The molecule has 1 aromatic heterocycles. The molecule has 134 valence electrons. The van der Waals surface area contributed by atoms with E-state index < -0.39 is 0 Å². The molecule has 1 heterocycles. The summed E-state index contributed by atoms with van der Waals surface area (Å²) in [5.41, 5.74) is 2.70. The van der Waals surface area contributed by atoms with Gasteiger partial charge in [-0.1, -0.05) is 46.6 Å². The first-order valence-electron chi connectivity index (χ1n) is 8.13. The SMILES string of the molecule is Cc1ccc(NC(=O)CN(C)Cc2nc(-c3cccc(Cl)c3)no2)cc1. The van der Waals surface area contributed by atoms with Crippen LogP contribution in [0.4, 0.5) is 5.69 Å². The fourth-order valence-electron chi connectivity index (χ4n) is 2.43. The van der Waals surface area contributed by atoms with Gasteiger partial charge < -0.3 is 9.84 Å². The van der Waals surface area contributed by atoms with E-state index >= 15 is 0 Å². The molecule has 0 radical (unpaired) electrons. The number of nitrogens with zero attached hydrogens (tertiary/aromatic N) is 3. The van der Waals surface area contributed by atoms with Crippen molar-refractivity contribution in [2.45, 2.75) is 13.5 Å². The maximum atomic E-state index is 12.1. The van der Waals surface area contributed by atoms with Crippen LogP contribution in [0.15, 0.2) is 53.1 Å². The number of rotatable bonds is 6. The van der Waals surface area contributed by atoms with Gasteiger partial charge in [-0.25, -0.2) is 0 Å². The highest BCUT2D eigenvalue weighted by Gasteiger charge is 2.13. The molecule has 1 amide bonds. The average Bonchev–Trinajstić information content (AvgIpc) is 3.05. The van der Waals surface area contributed by atoms with Crippen LogP contribution in [-0.2, 0) is 11.3 Å². The monoisotopic (exact) mass is 370 g/mol. The number of halogens is 1. The van der Waals surface area contributed by atoms with E-state index in [-0.39, 0.29) is 12.5 Å². The van der Waals surface area contributed by atoms with Crippen molar-refractivity contribution in [3.05, 3.63) is 65.0 Å². The Morgan fingerprint density at radius 3 is 2.73 bits per heavy atom. The van der Waals surface area contributed by atoms with Gasteiger partial charge in [-0.3, -0.25) is 9.69 Å². The minimum Gasteiger partial charge on any atom is -0.338 e. The third-order valence-corrected chi connectivity index (χ3v) is 3.94. The highest BCUT2D eigenvalue weighted by atomic mass is 35.5. The molecule has 0 bridgehead atoms. The third kappa shape index (κ3) is 4.91. The number of nitrogens with one attached hydrogen (secondary N) is 1. The second-order valence-corrected chi connectivity index (χ2v) is 6.54. The first kappa shape index (κ1) is 18.1. The van der Waals surface area contributed by atoms with Gasteiger partial charge in [0.25, 0.3) is 0 Å². The standard InChI is InChI=1S/C19H19ClN4O2/c1-13-6-8-16(9-7-13)21-17(25)11-24(2)12-18-22-19(23-26-18)14-4-3-5-15(20)10-14/h3-10H,11-12H2,1-2H3,(H,21,25). The largest absolute Gasteiger partial charge is 0.338 e. The van der Waals surface area contributed by atoms with Gasteiger partial charge in [0.1, 0.15) is 0 Å². The predicted molar refractivity (Wildman–Crippen MR) is 101 cm³/mol. The molecule has 3 aromatic rings. The van der Waals surface area contributed by atoms with Gasteiger partial charge in [0.15, 0.2) is 0 Å². The first-order chi connectivity index (χ1) is 12.5. The van der Waals surface area contributed by atoms with E-state index in [0.717, 1.165) is 16.8 Å². The summed E-state index contributed by atoms with van der Waals surface area (Å²) in [4.78, 5) is 18.3. The summed E-state index contributed by atoms with van der Waals surface area (Å²) in [5, 5.41) is 7.43. The second kappa shape index (κ2) is 8.12. The quantitative estimate of drug-likeness (QED) is 0.715. The molecule has 0 aliphatic carbocycles. The van der Waals surface area contributed by atoms with Crippen molar-refractivity contribution in [1.29, 1.82) is 0 Å². The highest BCUT2D eigenvalue weighted by Crippen LogP contribution is 2.20. The highest BCUT2D eigenvalue weighted by molar-refractivity contribution is 6.30. The Morgan fingerprint density at radius 1 is 1.23 bits per heavy atom. The van der Waals surface area contributed by atoms with Gasteiger partial charge in [-0.15, -0.1) is 0 Å². The van der Waals surface area contributed by atoms with E-state index in [1.807, 2.05) is 50.4 Å². The summed E-state index contributed by atoms with van der Waals surface area (Å²) in [6.45, 7) is 2.58. The Kier molecular flexibility index (Phi) is 5.65. The lowest BCUT2D eigenvalue weighted by Crippen LogP contribution is -2.29. The molecule has 0 saturated heterocycles. The predicted octanol–water partition coefficient (Wildman–Crippen LogP) is 3.77. The summed E-state index contributed by atoms with van der Waals surface area (Å²) in [7, 11) is 1.82. The van der Waals surface area contributed by atoms with E-state index in [1.165, 1.54) is 0 Å². The fraction of sp³-hybridized carbons (Fsp3) is 0.211. The summed E-state index contributed by atoms with van der Waals surface area (Å²) >= 11 is 5.98. The van der Waals surface area contributed by atoms with Crippen molar-refractivity contribution < 1.29 is 9.32 Å². The summed E-state index contributed by atoms with van der Waals surface area (Å²) in [6.07, 6.45) is 0. The van der Waals surface area contributed by atoms with Crippen LogP contribution in [0, 0.1) is 6.92 Å². The number of hydrogen-bond acceptors (Lipinski definition) is 5. The number of carbonyl (C=O) groups is 1. The summed E-state index contributed by atoms with van der Waals surface area (Å²) in [5.74, 6) is 0.802. The normalized spacial score (nSPS) is 10.9. The van der Waals surface area contributed by atoms with Crippen LogP contribution in [0.1, 0.15) is 11.5 Å². The Hall–Kier alpha value is -2.70. The smallest absolute Gasteiger partial charge is 0.241 e. The Morgan fingerprint density at radius 2 is 2.00 bits per heavy atom. The van der Waals surface area contributed by atoms with Gasteiger partial charge in [0, 0.05) is 16.3 Å². The molecule has 0 aliphatic rings. The number of carbonyl (C=O) groups excluding carboxylic acids is 1. The van der Waals surface area contributed by atoms with Crippen molar-refractivity contribution >= 4 is 23.2 Å². The van der Waals surface area contributed by atoms with E-state index in [2.05, 4.69) is 15.5 Å². The first-order valence-corrected chi connectivity index (χ1v) is 8.51. The molecule has 6 nitrogen and oxygen atoms in total. The van der Waals surface area contributed by atoms with Crippen LogP contribution in [0.3, 0.4) is 0 Å². The van der Waals surface area contributed by atoms with Crippen LogP contribution in [0.2, 0.25) is 5.02 Å². The van der Waals surface area contributed by atoms with Crippen molar-refractivity contribution in [3.63, 3.8) is 0 Å². The zero-order valence-corrected chi connectivity index (χ0v) is 15.3. The van der Waals surface area contributed by atoms with Crippen molar-refractivity contribution in [2.75, 3.05) is 18.9 Å². The average molecular weight is 371 g/mol. The minimum atomic E-state index is -0.106. The number of amides is 1. The van der Waals surface area contributed by atoms with Crippen LogP contribution in [0.25, 0.3) is 11.4 Å². The molecule has 0 unspecified atom stereocenters. The molecule has 2 aromatic carbocycles. The molecular formula is C19H19ClN4O2. The van der Waals surface area contributed by atoms with Crippen molar-refractivity contribution in [2.24, 2.45) is 0 Å². The molecule has 7 heteroatoms. The number of aryl methyl sites for hydroxylation is 1. The van der Waals surface area contributed by atoms with Crippen LogP contribution in [-0.4, -0.2) is 34.5 Å². The van der Waals surface area contributed by atoms with Crippen molar-refractivity contribution in [1.82, 2.24) is 15.0 Å². The van der Waals surface area contributed by atoms with Crippen LogP contribution >= 0.6 is 11.6 Å². The molecule has 0 saturated carbocycles. The van der Waals surface area contributed by atoms with Crippen LogP contribution < -0.4 is 5.32 Å². The second-order valence-electron chi connectivity index (χ2n) is 6.11.